The number of hydrogen-bond donors (Lipinski definition) is 1. The van der Waals surface area contributed by atoms with Crippen LogP contribution in [0.15, 0.2) is 48.5 Å². The number of amides is 1. The standard InChI is InChI=1S/C28H39N3O/c1-21-6-4-8-24(18-21)20-30-16-13-26(14-17-30)28(32)29-23(3)25-9-11-27(12-10-25)31-15-5-7-22(2)19-31/h4,6,8-12,18,22-23,26H,5,7,13-17,19-20H2,1-3H3,(H,29,32)/t22-,23-/m1/s1. The topological polar surface area (TPSA) is 35.6 Å². The first-order valence-electron chi connectivity index (χ1n) is 12.4. The Hall–Kier alpha value is -2.33. The second-order valence-corrected chi connectivity index (χ2v) is 10.1. The van der Waals surface area contributed by atoms with E-state index in [1.54, 1.807) is 0 Å². The Bertz CT molecular complexity index is 886. The van der Waals surface area contributed by atoms with Gasteiger partial charge in [-0.2, -0.15) is 0 Å². The van der Waals surface area contributed by atoms with Gasteiger partial charge in [-0.3, -0.25) is 9.69 Å². The van der Waals surface area contributed by atoms with E-state index in [9.17, 15) is 4.79 Å². The fourth-order valence-electron chi connectivity index (χ4n) is 5.23. The Morgan fingerprint density at radius 3 is 2.50 bits per heavy atom. The second-order valence-electron chi connectivity index (χ2n) is 10.1. The minimum absolute atomic E-state index is 0.0437. The first kappa shape index (κ1) is 22.8. The fourth-order valence-corrected chi connectivity index (χ4v) is 5.23. The average molecular weight is 434 g/mol. The van der Waals surface area contributed by atoms with Gasteiger partial charge in [0.2, 0.25) is 5.91 Å². The second kappa shape index (κ2) is 10.5. The smallest absolute Gasteiger partial charge is 0.223 e. The van der Waals surface area contributed by atoms with E-state index >= 15 is 0 Å². The van der Waals surface area contributed by atoms with Crippen molar-refractivity contribution in [1.82, 2.24) is 10.2 Å². The summed E-state index contributed by atoms with van der Waals surface area (Å²) in [7, 11) is 0. The van der Waals surface area contributed by atoms with Gasteiger partial charge in [-0.15, -0.1) is 0 Å². The molecule has 2 atom stereocenters. The zero-order chi connectivity index (χ0) is 22.5. The summed E-state index contributed by atoms with van der Waals surface area (Å²) < 4.78 is 0. The van der Waals surface area contributed by atoms with Crippen LogP contribution in [0.5, 0.6) is 0 Å². The molecule has 0 aliphatic carbocycles. The highest BCUT2D eigenvalue weighted by Gasteiger charge is 2.26. The molecule has 172 valence electrons. The van der Waals surface area contributed by atoms with Gasteiger partial charge in [0.05, 0.1) is 6.04 Å². The molecule has 0 unspecified atom stereocenters. The van der Waals surface area contributed by atoms with Crippen molar-refractivity contribution in [3.05, 3.63) is 65.2 Å². The lowest BCUT2D eigenvalue weighted by molar-refractivity contribution is -0.127. The molecule has 2 aliphatic rings. The third-order valence-electron chi connectivity index (χ3n) is 7.22. The number of hydrogen-bond acceptors (Lipinski definition) is 3. The number of anilines is 1. The maximum atomic E-state index is 12.9. The number of rotatable bonds is 6. The van der Waals surface area contributed by atoms with Gasteiger partial charge in [-0.1, -0.05) is 48.9 Å². The van der Waals surface area contributed by atoms with Crippen molar-refractivity contribution in [3.8, 4) is 0 Å². The van der Waals surface area contributed by atoms with E-state index in [1.807, 2.05) is 0 Å². The van der Waals surface area contributed by atoms with E-state index in [1.165, 1.54) is 35.2 Å². The average Bonchev–Trinajstić information content (AvgIpc) is 2.79. The SMILES string of the molecule is Cc1cccc(CN2CCC(C(=O)N[C@H](C)c3ccc(N4CCC[C@@H](C)C4)cc3)CC2)c1. The lowest BCUT2D eigenvalue weighted by Crippen LogP contribution is -2.40. The van der Waals surface area contributed by atoms with Gasteiger partial charge in [-0.05, 0) is 81.8 Å². The Balaban J connectivity index is 1.25. The summed E-state index contributed by atoms with van der Waals surface area (Å²) >= 11 is 0. The van der Waals surface area contributed by atoms with Gasteiger partial charge in [0, 0.05) is 31.2 Å². The van der Waals surface area contributed by atoms with Crippen LogP contribution in [0.25, 0.3) is 0 Å². The van der Waals surface area contributed by atoms with E-state index < -0.39 is 0 Å². The van der Waals surface area contributed by atoms with Crippen molar-refractivity contribution >= 4 is 11.6 Å². The van der Waals surface area contributed by atoms with Crippen LogP contribution >= 0.6 is 0 Å². The van der Waals surface area contributed by atoms with E-state index in [0.717, 1.165) is 51.5 Å². The highest BCUT2D eigenvalue weighted by Crippen LogP contribution is 2.25. The van der Waals surface area contributed by atoms with Crippen molar-refractivity contribution in [2.24, 2.45) is 11.8 Å². The monoisotopic (exact) mass is 433 g/mol. The van der Waals surface area contributed by atoms with Crippen molar-refractivity contribution < 1.29 is 4.79 Å². The molecule has 4 heteroatoms. The molecular formula is C28H39N3O. The Kier molecular flexibility index (Phi) is 7.51. The molecule has 2 aromatic rings. The third-order valence-corrected chi connectivity index (χ3v) is 7.22. The molecule has 2 aliphatic heterocycles. The quantitative estimate of drug-likeness (QED) is 0.670. The van der Waals surface area contributed by atoms with Gasteiger partial charge in [0.15, 0.2) is 0 Å². The largest absolute Gasteiger partial charge is 0.371 e. The molecule has 0 aromatic heterocycles. The number of nitrogens with one attached hydrogen (secondary N) is 1. The van der Waals surface area contributed by atoms with Crippen LogP contribution in [-0.4, -0.2) is 37.0 Å². The van der Waals surface area contributed by atoms with Crippen molar-refractivity contribution in [3.63, 3.8) is 0 Å². The molecule has 0 spiro atoms. The summed E-state index contributed by atoms with van der Waals surface area (Å²) in [6.07, 6.45) is 4.49. The van der Waals surface area contributed by atoms with Gasteiger partial charge in [-0.25, -0.2) is 0 Å². The summed E-state index contributed by atoms with van der Waals surface area (Å²) in [6.45, 7) is 11.8. The number of benzene rings is 2. The highest BCUT2D eigenvalue weighted by atomic mass is 16.1. The van der Waals surface area contributed by atoms with Crippen LogP contribution in [0, 0.1) is 18.8 Å². The maximum Gasteiger partial charge on any atom is 0.223 e. The molecule has 2 aromatic carbocycles. The molecule has 32 heavy (non-hydrogen) atoms. The van der Waals surface area contributed by atoms with E-state index in [4.69, 9.17) is 0 Å². The molecule has 2 heterocycles. The number of carbonyl (C=O) groups excluding carboxylic acids is 1. The van der Waals surface area contributed by atoms with Crippen molar-refractivity contribution in [2.75, 3.05) is 31.1 Å². The van der Waals surface area contributed by atoms with Crippen LogP contribution in [0.3, 0.4) is 0 Å². The highest BCUT2D eigenvalue weighted by molar-refractivity contribution is 5.79. The molecule has 0 radical (unpaired) electrons. The van der Waals surface area contributed by atoms with Crippen LogP contribution in [0.2, 0.25) is 0 Å². The number of nitrogens with zero attached hydrogens (tertiary/aromatic N) is 2. The summed E-state index contributed by atoms with van der Waals surface area (Å²) in [6, 6.07) is 17.6. The number of carbonyl (C=O) groups is 1. The normalized spacial score (nSPS) is 21.3. The molecule has 1 N–H and O–H groups in total. The van der Waals surface area contributed by atoms with Crippen LogP contribution in [-0.2, 0) is 11.3 Å². The molecule has 4 rings (SSSR count). The molecular weight excluding hydrogens is 394 g/mol. The van der Waals surface area contributed by atoms with Gasteiger partial charge in [0.1, 0.15) is 0 Å². The van der Waals surface area contributed by atoms with Crippen molar-refractivity contribution in [2.45, 2.75) is 59.0 Å². The Morgan fingerprint density at radius 2 is 1.81 bits per heavy atom. The lowest BCUT2D eigenvalue weighted by Gasteiger charge is -2.33. The first-order chi connectivity index (χ1) is 15.5. The van der Waals surface area contributed by atoms with Crippen LogP contribution in [0.4, 0.5) is 5.69 Å². The van der Waals surface area contributed by atoms with Gasteiger partial charge in [0.25, 0.3) is 0 Å². The van der Waals surface area contributed by atoms with E-state index in [0.29, 0.717) is 0 Å². The lowest BCUT2D eigenvalue weighted by atomic mass is 9.94. The zero-order valence-corrected chi connectivity index (χ0v) is 20.0. The zero-order valence-electron chi connectivity index (χ0n) is 20.0. The fraction of sp³-hybridized carbons (Fsp3) is 0.536. The Labute approximate surface area is 194 Å². The summed E-state index contributed by atoms with van der Waals surface area (Å²) in [5.74, 6) is 1.10. The van der Waals surface area contributed by atoms with Crippen molar-refractivity contribution in [1.29, 1.82) is 0 Å². The van der Waals surface area contributed by atoms with E-state index in [2.05, 4.69) is 84.4 Å². The molecule has 2 fully saturated rings. The van der Waals surface area contributed by atoms with Crippen LogP contribution < -0.4 is 10.2 Å². The summed E-state index contributed by atoms with van der Waals surface area (Å²) in [5, 5.41) is 3.27. The minimum Gasteiger partial charge on any atom is -0.371 e. The molecule has 0 bridgehead atoms. The minimum atomic E-state index is 0.0437. The molecule has 0 saturated carbocycles. The predicted octanol–water partition coefficient (Wildman–Crippen LogP) is 5.32. The number of aryl methyl sites for hydroxylation is 1. The number of piperidine rings is 2. The predicted molar refractivity (Wildman–Crippen MR) is 133 cm³/mol. The van der Waals surface area contributed by atoms with Crippen LogP contribution in [0.1, 0.15) is 62.3 Å². The molecule has 1 amide bonds. The van der Waals surface area contributed by atoms with E-state index in [-0.39, 0.29) is 17.9 Å². The summed E-state index contributed by atoms with van der Waals surface area (Å²) in [4.78, 5) is 17.9. The number of likely N-dealkylation sites (tertiary alicyclic amines) is 1. The Morgan fingerprint density at radius 1 is 1.06 bits per heavy atom. The molecule has 2 saturated heterocycles. The van der Waals surface area contributed by atoms with Gasteiger partial charge < -0.3 is 10.2 Å². The van der Waals surface area contributed by atoms with Gasteiger partial charge >= 0.3 is 0 Å². The maximum absolute atomic E-state index is 12.9. The third kappa shape index (κ3) is 5.92. The summed E-state index contributed by atoms with van der Waals surface area (Å²) in [5.41, 5.74) is 5.16. The molecule has 4 nitrogen and oxygen atoms in total. The first-order valence-corrected chi connectivity index (χ1v) is 12.4.